The van der Waals surface area contributed by atoms with Crippen LogP contribution >= 0.6 is 0 Å². The summed E-state index contributed by atoms with van der Waals surface area (Å²) in [7, 11) is 0. The Morgan fingerprint density at radius 3 is 2.64 bits per heavy atom. The normalized spacial score (nSPS) is 17.2. The number of halogens is 1. The molecule has 2 heterocycles. The zero-order chi connectivity index (χ0) is 22.9. The molecule has 0 atom stereocenters. The van der Waals surface area contributed by atoms with Crippen molar-refractivity contribution in [2.75, 3.05) is 19.6 Å². The number of para-hydroxylation sites is 1. The first kappa shape index (κ1) is 21.3. The van der Waals surface area contributed by atoms with E-state index in [0.29, 0.717) is 29.6 Å². The fourth-order valence-corrected chi connectivity index (χ4v) is 4.93. The molecule has 1 saturated heterocycles. The smallest absolute Gasteiger partial charge is 0.257 e. The van der Waals surface area contributed by atoms with E-state index in [1.165, 1.54) is 23.2 Å². The van der Waals surface area contributed by atoms with Crippen LogP contribution in [0.1, 0.15) is 41.6 Å². The first-order valence-corrected chi connectivity index (χ1v) is 11.3. The molecule has 1 saturated carbocycles. The molecule has 2 amide bonds. The molecule has 3 aromatic rings. The molecule has 2 fully saturated rings. The minimum atomic E-state index is -0.618. The second kappa shape index (κ2) is 8.77. The van der Waals surface area contributed by atoms with Crippen LogP contribution in [-0.2, 0) is 11.3 Å². The highest BCUT2D eigenvalue weighted by atomic mass is 19.1. The molecule has 0 unspecified atom stereocenters. The number of amides is 2. The van der Waals surface area contributed by atoms with Gasteiger partial charge in [0.15, 0.2) is 0 Å². The summed E-state index contributed by atoms with van der Waals surface area (Å²) in [5.74, 6) is -1.17. The Morgan fingerprint density at radius 2 is 1.85 bits per heavy atom. The summed E-state index contributed by atoms with van der Waals surface area (Å²) in [4.78, 5) is 41.2. The lowest BCUT2D eigenvalue weighted by Crippen LogP contribution is -2.55. The van der Waals surface area contributed by atoms with Crippen LogP contribution < -0.4 is 5.43 Å². The van der Waals surface area contributed by atoms with Gasteiger partial charge in [-0.3, -0.25) is 19.1 Å². The molecule has 0 N–H and O–H groups in total. The number of hydrogen-bond donors (Lipinski definition) is 0. The summed E-state index contributed by atoms with van der Waals surface area (Å²) in [6.45, 7) is 1.14. The highest BCUT2D eigenvalue weighted by molar-refractivity contribution is 5.97. The molecule has 1 aliphatic carbocycles. The number of piperazine rings is 1. The van der Waals surface area contributed by atoms with E-state index in [0.717, 1.165) is 25.7 Å². The lowest BCUT2D eigenvalue weighted by atomic mass is 10.1. The van der Waals surface area contributed by atoms with Crippen LogP contribution in [0.3, 0.4) is 0 Å². The van der Waals surface area contributed by atoms with E-state index in [2.05, 4.69) is 5.10 Å². The number of carbonyl (C=O) groups is 2. The average molecular weight is 448 g/mol. The first-order valence-electron chi connectivity index (χ1n) is 11.3. The van der Waals surface area contributed by atoms with Crippen molar-refractivity contribution >= 4 is 22.7 Å². The highest BCUT2D eigenvalue weighted by Crippen LogP contribution is 2.25. The molecule has 0 spiro atoms. The van der Waals surface area contributed by atoms with Gasteiger partial charge in [-0.15, -0.1) is 0 Å². The third-order valence-corrected chi connectivity index (χ3v) is 6.67. The standard InChI is InChI=1S/C25H25FN4O3/c26-21-10-9-17(15-30-22-8-4-3-7-19(22)23(31)14-27-30)13-20(21)25(33)28-11-12-29(24(32)16-28)18-5-1-2-6-18/h3-4,7-10,13-14,18H,1-2,5-6,11-12,15-16H2. The molecule has 7 nitrogen and oxygen atoms in total. The number of benzene rings is 2. The second-order valence-electron chi connectivity index (χ2n) is 8.75. The second-order valence-corrected chi connectivity index (χ2v) is 8.75. The lowest BCUT2D eigenvalue weighted by molar-refractivity contribution is -0.137. The Labute approximate surface area is 190 Å². The number of aromatic nitrogens is 2. The predicted molar refractivity (Wildman–Crippen MR) is 121 cm³/mol. The number of nitrogens with zero attached hydrogens (tertiary/aromatic N) is 4. The summed E-state index contributed by atoms with van der Waals surface area (Å²) in [6, 6.07) is 11.8. The Balaban J connectivity index is 1.36. The summed E-state index contributed by atoms with van der Waals surface area (Å²) >= 11 is 0. The van der Waals surface area contributed by atoms with Crippen molar-refractivity contribution in [3.05, 3.63) is 75.8 Å². The van der Waals surface area contributed by atoms with Gasteiger partial charge in [0.05, 0.1) is 23.8 Å². The fourth-order valence-electron chi connectivity index (χ4n) is 4.93. The molecule has 8 heteroatoms. The Hall–Kier alpha value is -3.55. The summed E-state index contributed by atoms with van der Waals surface area (Å²) in [5.41, 5.74) is 1.12. The van der Waals surface area contributed by atoms with Crippen molar-refractivity contribution < 1.29 is 14.0 Å². The summed E-state index contributed by atoms with van der Waals surface area (Å²) < 4.78 is 16.3. The molecule has 5 rings (SSSR count). The number of hydrogen-bond acceptors (Lipinski definition) is 4. The van der Waals surface area contributed by atoms with E-state index in [1.54, 1.807) is 28.9 Å². The van der Waals surface area contributed by atoms with Gasteiger partial charge < -0.3 is 9.80 Å². The van der Waals surface area contributed by atoms with Gasteiger partial charge in [0, 0.05) is 24.5 Å². The molecular weight excluding hydrogens is 423 g/mol. The van der Waals surface area contributed by atoms with Crippen LogP contribution in [-0.4, -0.2) is 57.1 Å². The monoisotopic (exact) mass is 448 g/mol. The van der Waals surface area contributed by atoms with Gasteiger partial charge in [-0.2, -0.15) is 5.10 Å². The fraction of sp³-hybridized carbons (Fsp3) is 0.360. The van der Waals surface area contributed by atoms with E-state index in [-0.39, 0.29) is 36.0 Å². The third kappa shape index (κ3) is 4.13. The molecule has 1 aliphatic heterocycles. The number of rotatable bonds is 4. The van der Waals surface area contributed by atoms with E-state index in [4.69, 9.17) is 0 Å². The van der Waals surface area contributed by atoms with Crippen LogP contribution in [0.15, 0.2) is 53.5 Å². The third-order valence-electron chi connectivity index (χ3n) is 6.67. The maximum absolute atomic E-state index is 14.6. The molecule has 2 aliphatic rings. The number of carbonyl (C=O) groups excluding carboxylic acids is 2. The van der Waals surface area contributed by atoms with Crippen LogP contribution in [0.2, 0.25) is 0 Å². The average Bonchev–Trinajstić information content (AvgIpc) is 3.36. The summed E-state index contributed by atoms with van der Waals surface area (Å²) in [5, 5.41) is 4.76. The molecule has 1 aromatic heterocycles. The molecule has 170 valence electrons. The van der Waals surface area contributed by atoms with Gasteiger partial charge >= 0.3 is 0 Å². The zero-order valence-corrected chi connectivity index (χ0v) is 18.2. The van der Waals surface area contributed by atoms with E-state index in [9.17, 15) is 18.8 Å². The molecule has 2 aromatic carbocycles. The molecule has 0 radical (unpaired) electrons. The first-order chi connectivity index (χ1) is 16.0. The minimum Gasteiger partial charge on any atom is -0.336 e. The van der Waals surface area contributed by atoms with E-state index in [1.807, 2.05) is 11.0 Å². The van der Waals surface area contributed by atoms with Gasteiger partial charge in [0.2, 0.25) is 11.3 Å². The van der Waals surface area contributed by atoms with Crippen molar-refractivity contribution in [1.82, 2.24) is 19.6 Å². The van der Waals surface area contributed by atoms with Crippen molar-refractivity contribution in [2.24, 2.45) is 0 Å². The van der Waals surface area contributed by atoms with Gasteiger partial charge in [0.25, 0.3) is 5.91 Å². The Kier molecular flexibility index (Phi) is 5.66. The lowest BCUT2D eigenvalue weighted by Gasteiger charge is -2.37. The van der Waals surface area contributed by atoms with Crippen molar-refractivity contribution in [2.45, 2.75) is 38.3 Å². The van der Waals surface area contributed by atoms with E-state index >= 15 is 0 Å². The Morgan fingerprint density at radius 1 is 1.06 bits per heavy atom. The topological polar surface area (TPSA) is 75.5 Å². The molecular formula is C25H25FN4O3. The zero-order valence-electron chi connectivity index (χ0n) is 18.2. The summed E-state index contributed by atoms with van der Waals surface area (Å²) in [6.07, 6.45) is 5.56. The van der Waals surface area contributed by atoms with Crippen LogP contribution in [0.5, 0.6) is 0 Å². The maximum atomic E-state index is 14.6. The minimum absolute atomic E-state index is 0.0229. The van der Waals surface area contributed by atoms with Crippen LogP contribution in [0.4, 0.5) is 4.39 Å². The predicted octanol–water partition coefficient (Wildman–Crippen LogP) is 2.81. The number of fused-ring (bicyclic) bond motifs is 1. The van der Waals surface area contributed by atoms with Crippen molar-refractivity contribution in [1.29, 1.82) is 0 Å². The van der Waals surface area contributed by atoms with Gasteiger partial charge in [-0.1, -0.05) is 31.0 Å². The maximum Gasteiger partial charge on any atom is 0.257 e. The molecule has 33 heavy (non-hydrogen) atoms. The largest absolute Gasteiger partial charge is 0.336 e. The van der Waals surface area contributed by atoms with Crippen molar-refractivity contribution in [3.8, 4) is 0 Å². The van der Waals surface area contributed by atoms with Crippen molar-refractivity contribution in [3.63, 3.8) is 0 Å². The SMILES string of the molecule is O=C(c1cc(Cn2ncc(=O)c3ccccc32)ccc1F)N1CCN(C2CCCC2)C(=O)C1. The van der Waals surface area contributed by atoms with Crippen LogP contribution in [0.25, 0.3) is 10.9 Å². The van der Waals surface area contributed by atoms with Crippen LogP contribution in [0, 0.1) is 5.82 Å². The van der Waals surface area contributed by atoms with Gasteiger partial charge in [0.1, 0.15) is 12.4 Å². The van der Waals surface area contributed by atoms with E-state index < -0.39 is 11.7 Å². The highest BCUT2D eigenvalue weighted by Gasteiger charge is 2.33. The molecule has 0 bridgehead atoms. The van der Waals surface area contributed by atoms with Gasteiger partial charge in [-0.25, -0.2) is 4.39 Å². The van der Waals surface area contributed by atoms with Gasteiger partial charge in [-0.05, 0) is 42.7 Å². The Bertz CT molecular complexity index is 1280. The quantitative estimate of drug-likeness (QED) is 0.615.